The molecule has 4 aromatic rings. The number of azo groups is 2. The number of benzene rings is 4. The second-order valence-corrected chi connectivity index (χ2v) is 12.9. The monoisotopic (exact) mass is 708 g/mol. The van der Waals surface area contributed by atoms with Crippen molar-refractivity contribution in [3.63, 3.8) is 0 Å². The summed E-state index contributed by atoms with van der Waals surface area (Å²) < 4.78 is 23.2. The molecule has 4 rings (SSSR count). The molecule has 4 aromatic carbocycles. The quantitative estimate of drug-likeness (QED) is 0.0516. The van der Waals surface area contributed by atoms with Crippen molar-refractivity contribution in [2.45, 2.75) is 97.0 Å². The van der Waals surface area contributed by atoms with Crippen LogP contribution in [0.2, 0.25) is 0 Å². The standard InChI is InChI=1S/C43H56N4O5/c1-3-5-7-9-11-13-31-49-40-23-15-35(16-24-40)44-46-37-19-27-42(28-20-37)51-33-39(48)34-52-43-29-21-38(22-30-43)47-45-36-17-25-41(26-18-36)50-32-14-12-10-8-6-4-2/h15-30,39,48H,3-14,31-34H2,1-2H3. The molecule has 0 fully saturated rings. The number of aliphatic hydroxyl groups excluding tert-OH is 1. The first-order valence-electron chi connectivity index (χ1n) is 19.0. The van der Waals surface area contributed by atoms with Gasteiger partial charge in [0.2, 0.25) is 0 Å². The molecule has 0 saturated heterocycles. The first-order chi connectivity index (χ1) is 25.6. The Morgan fingerprint density at radius 2 is 0.654 bits per heavy atom. The molecule has 278 valence electrons. The highest BCUT2D eigenvalue weighted by molar-refractivity contribution is 5.45. The molecule has 0 aliphatic carbocycles. The Morgan fingerprint density at radius 1 is 0.385 bits per heavy atom. The van der Waals surface area contributed by atoms with Gasteiger partial charge >= 0.3 is 0 Å². The summed E-state index contributed by atoms with van der Waals surface area (Å²) in [6.45, 7) is 6.11. The highest BCUT2D eigenvalue weighted by Crippen LogP contribution is 2.25. The Labute approximate surface area is 310 Å². The van der Waals surface area contributed by atoms with Gasteiger partial charge in [0, 0.05) is 0 Å². The van der Waals surface area contributed by atoms with Gasteiger partial charge in [0.25, 0.3) is 0 Å². The normalized spacial score (nSPS) is 12.0. The van der Waals surface area contributed by atoms with Crippen molar-refractivity contribution >= 4 is 22.7 Å². The van der Waals surface area contributed by atoms with Gasteiger partial charge in [0.05, 0.1) is 36.0 Å². The van der Waals surface area contributed by atoms with Crippen LogP contribution in [0, 0.1) is 0 Å². The molecule has 1 N–H and O–H groups in total. The summed E-state index contributed by atoms with van der Waals surface area (Å²) >= 11 is 0. The van der Waals surface area contributed by atoms with E-state index in [9.17, 15) is 5.11 Å². The molecule has 52 heavy (non-hydrogen) atoms. The molecule has 0 aliphatic heterocycles. The third kappa shape index (κ3) is 16.5. The molecular formula is C43H56N4O5. The molecule has 0 heterocycles. The van der Waals surface area contributed by atoms with Gasteiger partial charge in [-0.1, -0.05) is 78.1 Å². The molecule has 0 spiro atoms. The Kier molecular flexibility index (Phi) is 18.8. The van der Waals surface area contributed by atoms with E-state index in [0.717, 1.165) is 48.9 Å². The van der Waals surface area contributed by atoms with Gasteiger partial charge < -0.3 is 24.1 Å². The second-order valence-electron chi connectivity index (χ2n) is 12.9. The highest BCUT2D eigenvalue weighted by Gasteiger charge is 2.07. The summed E-state index contributed by atoms with van der Waals surface area (Å²) in [5, 5.41) is 27.7. The highest BCUT2D eigenvalue weighted by atomic mass is 16.5. The fourth-order valence-corrected chi connectivity index (χ4v) is 5.24. The molecule has 0 aromatic heterocycles. The first kappa shape index (κ1) is 40.0. The molecule has 0 unspecified atom stereocenters. The summed E-state index contributed by atoms with van der Waals surface area (Å²) in [7, 11) is 0. The van der Waals surface area contributed by atoms with E-state index in [2.05, 4.69) is 34.3 Å². The van der Waals surface area contributed by atoms with Gasteiger partial charge in [-0.2, -0.15) is 20.5 Å². The number of hydrogen-bond acceptors (Lipinski definition) is 9. The fraction of sp³-hybridized carbons (Fsp3) is 0.442. The van der Waals surface area contributed by atoms with Crippen molar-refractivity contribution in [2.24, 2.45) is 20.5 Å². The molecule has 0 atom stereocenters. The zero-order chi connectivity index (χ0) is 36.5. The summed E-state index contributed by atoms with van der Waals surface area (Å²) in [4.78, 5) is 0. The van der Waals surface area contributed by atoms with Crippen molar-refractivity contribution in [1.29, 1.82) is 0 Å². The van der Waals surface area contributed by atoms with E-state index >= 15 is 0 Å². The molecule has 0 saturated carbocycles. The van der Waals surface area contributed by atoms with Gasteiger partial charge in [-0.05, 0) is 110 Å². The largest absolute Gasteiger partial charge is 0.494 e. The number of ether oxygens (including phenoxy) is 4. The van der Waals surface area contributed by atoms with E-state index in [1.165, 1.54) is 64.2 Å². The van der Waals surface area contributed by atoms with Crippen molar-refractivity contribution in [2.75, 3.05) is 26.4 Å². The van der Waals surface area contributed by atoms with Crippen molar-refractivity contribution < 1.29 is 24.1 Å². The molecular weight excluding hydrogens is 652 g/mol. The Morgan fingerprint density at radius 3 is 0.962 bits per heavy atom. The maximum absolute atomic E-state index is 10.4. The van der Waals surface area contributed by atoms with Gasteiger partial charge in [-0.3, -0.25) is 0 Å². The number of unbranched alkanes of at least 4 members (excludes halogenated alkanes) is 10. The van der Waals surface area contributed by atoms with Crippen LogP contribution in [0.25, 0.3) is 0 Å². The van der Waals surface area contributed by atoms with Crippen molar-refractivity contribution in [1.82, 2.24) is 0 Å². The minimum atomic E-state index is -0.811. The number of aliphatic hydroxyl groups is 1. The Bertz CT molecular complexity index is 1440. The van der Waals surface area contributed by atoms with Crippen LogP contribution >= 0.6 is 0 Å². The minimum absolute atomic E-state index is 0.0866. The van der Waals surface area contributed by atoms with Crippen LogP contribution in [0.4, 0.5) is 22.7 Å². The molecule has 0 radical (unpaired) electrons. The van der Waals surface area contributed by atoms with Gasteiger partial charge in [-0.15, -0.1) is 0 Å². The molecule has 0 amide bonds. The molecule has 0 bridgehead atoms. The van der Waals surface area contributed by atoms with E-state index in [1.807, 2.05) is 72.8 Å². The smallest absolute Gasteiger partial charge is 0.122 e. The van der Waals surface area contributed by atoms with Gasteiger partial charge in [-0.25, -0.2) is 0 Å². The van der Waals surface area contributed by atoms with E-state index in [4.69, 9.17) is 18.9 Å². The molecule has 0 aliphatic rings. The van der Waals surface area contributed by atoms with Crippen molar-refractivity contribution in [3.8, 4) is 23.0 Å². The summed E-state index contributed by atoms with van der Waals surface area (Å²) in [6.07, 6.45) is 14.1. The Hall–Kier alpha value is -4.76. The van der Waals surface area contributed by atoms with Crippen LogP contribution in [0.5, 0.6) is 23.0 Å². The van der Waals surface area contributed by atoms with Crippen LogP contribution in [0.15, 0.2) is 118 Å². The lowest BCUT2D eigenvalue weighted by Crippen LogP contribution is -2.25. The fourth-order valence-electron chi connectivity index (χ4n) is 5.24. The van der Waals surface area contributed by atoms with Gasteiger partial charge in [0.1, 0.15) is 42.3 Å². The van der Waals surface area contributed by atoms with E-state index in [0.29, 0.717) is 22.9 Å². The second kappa shape index (κ2) is 24.4. The lowest BCUT2D eigenvalue weighted by Gasteiger charge is -2.13. The lowest BCUT2D eigenvalue weighted by atomic mass is 10.1. The van der Waals surface area contributed by atoms with Crippen LogP contribution in [-0.2, 0) is 0 Å². The Balaban J connectivity index is 1.09. The molecule has 9 heteroatoms. The zero-order valence-corrected chi connectivity index (χ0v) is 31.0. The van der Waals surface area contributed by atoms with Crippen LogP contribution in [0.3, 0.4) is 0 Å². The molecule has 9 nitrogen and oxygen atoms in total. The van der Waals surface area contributed by atoms with E-state index < -0.39 is 6.10 Å². The predicted octanol–water partition coefficient (Wildman–Crippen LogP) is 12.8. The summed E-state index contributed by atoms with van der Waals surface area (Å²) in [5.41, 5.74) is 2.90. The van der Waals surface area contributed by atoms with Crippen LogP contribution < -0.4 is 18.9 Å². The number of nitrogens with zero attached hydrogens (tertiary/aromatic N) is 4. The average Bonchev–Trinajstić information content (AvgIpc) is 3.18. The number of rotatable bonds is 26. The first-order valence-corrected chi connectivity index (χ1v) is 19.0. The van der Waals surface area contributed by atoms with Crippen molar-refractivity contribution in [3.05, 3.63) is 97.1 Å². The zero-order valence-electron chi connectivity index (χ0n) is 31.0. The SMILES string of the molecule is CCCCCCCCOc1ccc(N=Nc2ccc(OCC(O)COc3ccc(N=Nc4ccc(OCCCCCCCC)cc4)cc3)cc2)cc1. The summed E-state index contributed by atoms with van der Waals surface area (Å²) in [6, 6.07) is 29.8. The van der Waals surface area contributed by atoms with E-state index in [-0.39, 0.29) is 13.2 Å². The minimum Gasteiger partial charge on any atom is -0.494 e. The van der Waals surface area contributed by atoms with Crippen LogP contribution in [-0.4, -0.2) is 37.6 Å². The topological polar surface area (TPSA) is 107 Å². The summed E-state index contributed by atoms with van der Waals surface area (Å²) in [5.74, 6) is 2.94. The predicted molar refractivity (Wildman–Crippen MR) is 209 cm³/mol. The third-order valence-electron chi connectivity index (χ3n) is 8.33. The maximum atomic E-state index is 10.4. The number of hydrogen-bond donors (Lipinski definition) is 1. The van der Waals surface area contributed by atoms with Gasteiger partial charge in [0.15, 0.2) is 0 Å². The van der Waals surface area contributed by atoms with E-state index in [1.54, 1.807) is 24.3 Å². The third-order valence-corrected chi connectivity index (χ3v) is 8.33. The average molecular weight is 709 g/mol. The lowest BCUT2D eigenvalue weighted by molar-refractivity contribution is 0.0626. The maximum Gasteiger partial charge on any atom is 0.122 e. The van der Waals surface area contributed by atoms with Crippen LogP contribution in [0.1, 0.15) is 90.9 Å².